The minimum atomic E-state index is -0.595. The standard InChI is InChI=1S/C10H16N4O2S/c1-10(2,7-12-16-9(15)11-3)14-6-5-8(13-14)17-4/h5-7H,1-4H3,(H,11,15). The van der Waals surface area contributed by atoms with Crippen molar-refractivity contribution in [2.45, 2.75) is 24.4 Å². The molecule has 94 valence electrons. The van der Waals surface area contributed by atoms with Crippen molar-refractivity contribution in [1.82, 2.24) is 15.1 Å². The minimum absolute atomic E-state index is 0.456. The van der Waals surface area contributed by atoms with E-state index in [-0.39, 0.29) is 0 Å². The Hall–Kier alpha value is -1.50. The Kier molecular flexibility index (Phi) is 4.56. The highest BCUT2D eigenvalue weighted by atomic mass is 32.2. The number of aromatic nitrogens is 2. The molecule has 0 radical (unpaired) electrons. The first-order chi connectivity index (χ1) is 7.99. The Morgan fingerprint density at radius 1 is 1.71 bits per heavy atom. The summed E-state index contributed by atoms with van der Waals surface area (Å²) >= 11 is 1.57. The predicted octanol–water partition coefficient (Wildman–Crippen LogP) is 1.68. The first-order valence-corrected chi connectivity index (χ1v) is 6.25. The van der Waals surface area contributed by atoms with Gasteiger partial charge in [-0.05, 0) is 26.2 Å². The third-order valence-electron chi connectivity index (χ3n) is 2.07. The summed E-state index contributed by atoms with van der Waals surface area (Å²) in [6.07, 6.45) is 4.75. The largest absolute Gasteiger partial charge is 0.433 e. The predicted molar refractivity (Wildman–Crippen MR) is 67.4 cm³/mol. The maximum absolute atomic E-state index is 10.8. The molecule has 0 atom stereocenters. The van der Waals surface area contributed by atoms with Crippen LogP contribution in [0.2, 0.25) is 0 Å². The van der Waals surface area contributed by atoms with E-state index in [0.717, 1.165) is 5.03 Å². The van der Waals surface area contributed by atoms with Gasteiger partial charge in [0.25, 0.3) is 0 Å². The Bertz CT molecular complexity index is 414. The quantitative estimate of drug-likeness (QED) is 0.385. The van der Waals surface area contributed by atoms with Gasteiger partial charge in [-0.25, -0.2) is 4.79 Å². The van der Waals surface area contributed by atoms with E-state index < -0.39 is 11.6 Å². The summed E-state index contributed by atoms with van der Waals surface area (Å²) in [4.78, 5) is 15.4. The summed E-state index contributed by atoms with van der Waals surface area (Å²) in [5.41, 5.74) is -0.456. The Labute approximate surface area is 104 Å². The fourth-order valence-corrected chi connectivity index (χ4v) is 1.41. The molecule has 7 heteroatoms. The average Bonchev–Trinajstić information content (AvgIpc) is 2.77. The maximum Gasteiger partial charge on any atom is 0.433 e. The third-order valence-corrected chi connectivity index (χ3v) is 2.71. The van der Waals surface area contributed by atoms with E-state index in [1.807, 2.05) is 32.4 Å². The number of amides is 1. The summed E-state index contributed by atoms with van der Waals surface area (Å²) in [6, 6.07) is 1.92. The molecule has 17 heavy (non-hydrogen) atoms. The van der Waals surface area contributed by atoms with E-state index in [9.17, 15) is 4.79 Å². The molecule has 0 saturated carbocycles. The number of rotatable bonds is 4. The monoisotopic (exact) mass is 256 g/mol. The van der Waals surface area contributed by atoms with Gasteiger partial charge in [-0.15, -0.1) is 11.8 Å². The lowest BCUT2D eigenvalue weighted by Crippen LogP contribution is -2.29. The van der Waals surface area contributed by atoms with Crippen LogP contribution >= 0.6 is 11.8 Å². The summed E-state index contributed by atoms with van der Waals surface area (Å²) in [6.45, 7) is 3.83. The minimum Gasteiger partial charge on any atom is -0.323 e. The molecule has 0 aromatic carbocycles. The fourth-order valence-electron chi connectivity index (χ4n) is 1.05. The normalized spacial score (nSPS) is 11.8. The lowest BCUT2D eigenvalue weighted by Gasteiger charge is -2.19. The van der Waals surface area contributed by atoms with Crippen LogP contribution in [0.15, 0.2) is 22.4 Å². The molecule has 1 amide bonds. The average molecular weight is 256 g/mol. The molecule has 0 saturated heterocycles. The first kappa shape index (κ1) is 13.6. The van der Waals surface area contributed by atoms with E-state index in [0.29, 0.717) is 0 Å². The molecule has 0 aliphatic heterocycles. The molecule has 0 spiro atoms. The second-order valence-electron chi connectivity index (χ2n) is 3.82. The van der Waals surface area contributed by atoms with Crippen LogP contribution in [-0.2, 0) is 10.4 Å². The Morgan fingerprint density at radius 2 is 2.41 bits per heavy atom. The van der Waals surface area contributed by atoms with Crippen molar-refractivity contribution in [2.24, 2.45) is 5.16 Å². The zero-order valence-corrected chi connectivity index (χ0v) is 11.1. The summed E-state index contributed by atoms with van der Waals surface area (Å²) in [7, 11) is 1.47. The van der Waals surface area contributed by atoms with Gasteiger partial charge in [-0.2, -0.15) is 5.10 Å². The number of hydrogen-bond donors (Lipinski definition) is 1. The SMILES string of the molecule is CNC(=O)ON=CC(C)(C)n1ccc(SC)n1. The van der Waals surface area contributed by atoms with Gasteiger partial charge in [0, 0.05) is 13.2 Å². The number of carbonyl (C=O) groups excluding carboxylic acids is 1. The van der Waals surface area contributed by atoms with E-state index in [4.69, 9.17) is 0 Å². The lowest BCUT2D eigenvalue weighted by atomic mass is 10.1. The number of hydrogen-bond acceptors (Lipinski definition) is 5. The molecule has 0 fully saturated rings. The molecule has 1 heterocycles. The molecule has 1 aromatic rings. The fraction of sp³-hybridized carbons (Fsp3) is 0.500. The zero-order chi connectivity index (χ0) is 12.9. The summed E-state index contributed by atoms with van der Waals surface area (Å²) in [5, 5.41) is 11.2. The number of nitrogens with one attached hydrogen (secondary N) is 1. The second-order valence-corrected chi connectivity index (χ2v) is 4.65. The molecule has 1 aromatic heterocycles. The van der Waals surface area contributed by atoms with Crippen molar-refractivity contribution < 1.29 is 9.63 Å². The van der Waals surface area contributed by atoms with Crippen LogP contribution in [0, 0.1) is 0 Å². The molecular weight excluding hydrogens is 240 g/mol. The van der Waals surface area contributed by atoms with E-state index in [1.165, 1.54) is 13.3 Å². The van der Waals surface area contributed by atoms with Gasteiger partial charge in [0.15, 0.2) is 0 Å². The molecule has 6 nitrogen and oxygen atoms in total. The summed E-state index contributed by atoms with van der Waals surface area (Å²) < 4.78 is 1.76. The number of nitrogens with zero attached hydrogens (tertiary/aromatic N) is 3. The first-order valence-electron chi connectivity index (χ1n) is 5.03. The van der Waals surface area contributed by atoms with Crippen molar-refractivity contribution >= 4 is 24.1 Å². The lowest BCUT2D eigenvalue weighted by molar-refractivity contribution is 0.152. The van der Waals surface area contributed by atoms with Gasteiger partial charge in [0.1, 0.15) is 5.03 Å². The van der Waals surface area contributed by atoms with E-state index in [1.54, 1.807) is 16.4 Å². The van der Waals surface area contributed by atoms with Crippen molar-refractivity contribution in [3.63, 3.8) is 0 Å². The van der Waals surface area contributed by atoms with Crippen molar-refractivity contribution in [2.75, 3.05) is 13.3 Å². The highest BCUT2D eigenvalue weighted by molar-refractivity contribution is 7.98. The molecule has 0 bridgehead atoms. The molecule has 0 aliphatic carbocycles. The van der Waals surface area contributed by atoms with Crippen LogP contribution in [0.25, 0.3) is 0 Å². The van der Waals surface area contributed by atoms with Gasteiger partial charge in [0.2, 0.25) is 0 Å². The number of thioether (sulfide) groups is 1. The van der Waals surface area contributed by atoms with Gasteiger partial charge in [0.05, 0.1) is 11.8 Å². The van der Waals surface area contributed by atoms with Crippen LogP contribution < -0.4 is 5.32 Å². The van der Waals surface area contributed by atoms with Gasteiger partial charge in [-0.3, -0.25) is 9.52 Å². The number of oxime groups is 1. The molecule has 1 rings (SSSR count). The molecule has 0 unspecified atom stereocenters. The number of carbonyl (C=O) groups is 1. The molecule has 0 aliphatic rings. The smallest absolute Gasteiger partial charge is 0.323 e. The second kappa shape index (κ2) is 5.72. The molecular formula is C10H16N4O2S. The topological polar surface area (TPSA) is 68.5 Å². The van der Waals surface area contributed by atoms with Gasteiger partial charge in [-0.1, -0.05) is 5.16 Å². The third kappa shape index (κ3) is 3.77. The molecule has 1 N–H and O–H groups in total. The van der Waals surface area contributed by atoms with Crippen molar-refractivity contribution in [1.29, 1.82) is 0 Å². The van der Waals surface area contributed by atoms with Crippen LogP contribution in [0.1, 0.15) is 13.8 Å². The highest BCUT2D eigenvalue weighted by Gasteiger charge is 2.19. The van der Waals surface area contributed by atoms with Crippen LogP contribution in [0.3, 0.4) is 0 Å². The van der Waals surface area contributed by atoms with Crippen molar-refractivity contribution in [3.8, 4) is 0 Å². The van der Waals surface area contributed by atoms with Crippen LogP contribution in [-0.4, -0.2) is 35.4 Å². The zero-order valence-electron chi connectivity index (χ0n) is 10.3. The van der Waals surface area contributed by atoms with E-state index in [2.05, 4.69) is 20.4 Å². The highest BCUT2D eigenvalue weighted by Crippen LogP contribution is 2.16. The Balaban J connectivity index is 2.70. The summed E-state index contributed by atoms with van der Waals surface area (Å²) in [5.74, 6) is 0. The van der Waals surface area contributed by atoms with Crippen LogP contribution in [0.4, 0.5) is 4.79 Å². The maximum atomic E-state index is 10.8. The van der Waals surface area contributed by atoms with Crippen molar-refractivity contribution in [3.05, 3.63) is 12.3 Å². The Morgan fingerprint density at radius 3 is 2.94 bits per heavy atom. The van der Waals surface area contributed by atoms with Gasteiger partial charge < -0.3 is 5.32 Å². The van der Waals surface area contributed by atoms with Crippen LogP contribution in [0.5, 0.6) is 0 Å². The van der Waals surface area contributed by atoms with Gasteiger partial charge >= 0.3 is 6.09 Å². The van der Waals surface area contributed by atoms with E-state index >= 15 is 0 Å².